The number of hydrogen-bond donors (Lipinski definition) is 1. The molecule has 2 unspecified atom stereocenters. The highest BCUT2D eigenvalue weighted by molar-refractivity contribution is 5.57. The zero-order valence-corrected chi connectivity index (χ0v) is 11.6. The summed E-state index contributed by atoms with van der Waals surface area (Å²) in [6, 6.07) is 1.67. The summed E-state index contributed by atoms with van der Waals surface area (Å²) in [5, 5.41) is 14.2. The fourth-order valence-corrected chi connectivity index (χ4v) is 2.50. The van der Waals surface area contributed by atoms with Crippen molar-refractivity contribution >= 4 is 11.5 Å². The van der Waals surface area contributed by atoms with Gasteiger partial charge in [0.15, 0.2) is 0 Å². The average molecular weight is 265 g/mol. The topological polar surface area (TPSA) is 77.3 Å². The standard InChI is InChI=1S/C13H19N3O3/c1-8-5-9(16(17)18)12(14-7-8)15-10-6-11(19-4)13(10,2)3/h5,7,10-11H,6H2,1-4H3,(H,14,15). The van der Waals surface area contributed by atoms with E-state index in [4.69, 9.17) is 4.74 Å². The maximum atomic E-state index is 11.0. The molecule has 2 rings (SSSR count). The van der Waals surface area contributed by atoms with Gasteiger partial charge in [-0.2, -0.15) is 0 Å². The Morgan fingerprint density at radius 3 is 2.79 bits per heavy atom. The second kappa shape index (κ2) is 4.77. The molecule has 1 fully saturated rings. The van der Waals surface area contributed by atoms with Gasteiger partial charge in [0.2, 0.25) is 5.82 Å². The summed E-state index contributed by atoms with van der Waals surface area (Å²) >= 11 is 0. The van der Waals surface area contributed by atoms with Gasteiger partial charge in [-0.15, -0.1) is 0 Å². The zero-order valence-electron chi connectivity index (χ0n) is 11.6. The summed E-state index contributed by atoms with van der Waals surface area (Å²) in [4.78, 5) is 14.8. The van der Waals surface area contributed by atoms with Gasteiger partial charge >= 0.3 is 5.69 Å². The van der Waals surface area contributed by atoms with Crippen LogP contribution >= 0.6 is 0 Å². The smallest absolute Gasteiger partial charge is 0.311 e. The summed E-state index contributed by atoms with van der Waals surface area (Å²) in [6.07, 6.45) is 2.64. The van der Waals surface area contributed by atoms with Gasteiger partial charge in [-0.1, -0.05) is 13.8 Å². The molecule has 6 nitrogen and oxygen atoms in total. The van der Waals surface area contributed by atoms with Crippen LogP contribution in [0.4, 0.5) is 11.5 Å². The largest absolute Gasteiger partial charge is 0.381 e. The molecule has 0 radical (unpaired) electrons. The van der Waals surface area contributed by atoms with Crippen molar-refractivity contribution in [3.8, 4) is 0 Å². The Morgan fingerprint density at radius 1 is 1.58 bits per heavy atom. The second-order valence-corrected chi connectivity index (χ2v) is 5.62. The van der Waals surface area contributed by atoms with E-state index < -0.39 is 4.92 Å². The van der Waals surface area contributed by atoms with Crippen LogP contribution in [-0.4, -0.2) is 29.2 Å². The molecule has 1 aliphatic carbocycles. The molecule has 1 aromatic rings. The first-order valence-corrected chi connectivity index (χ1v) is 6.26. The van der Waals surface area contributed by atoms with Gasteiger partial charge in [-0.05, 0) is 18.9 Å². The number of ether oxygens (including phenoxy) is 1. The summed E-state index contributed by atoms with van der Waals surface area (Å²) < 4.78 is 5.37. The minimum Gasteiger partial charge on any atom is -0.381 e. The van der Waals surface area contributed by atoms with Crippen LogP contribution in [0.2, 0.25) is 0 Å². The first-order chi connectivity index (χ1) is 8.86. The molecule has 0 bridgehead atoms. The third kappa shape index (κ3) is 2.40. The lowest BCUT2D eigenvalue weighted by molar-refractivity contribution is -0.384. The summed E-state index contributed by atoms with van der Waals surface area (Å²) in [7, 11) is 1.69. The Kier molecular flexibility index (Phi) is 3.45. The van der Waals surface area contributed by atoms with Crippen molar-refractivity contribution in [2.45, 2.75) is 39.3 Å². The van der Waals surface area contributed by atoms with E-state index in [1.54, 1.807) is 20.2 Å². The first kappa shape index (κ1) is 13.7. The Balaban J connectivity index is 2.19. The maximum absolute atomic E-state index is 11.0. The predicted octanol–water partition coefficient (Wildman–Crippen LogP) is 2.52. The first-order valence-electron chi connectivity index (χ1n) is 6.26. The SMILES string of the molecule is COC1CC(Nc2ncc(C)cc2[N+](=O)[O-])C1(C)C. The lowest BCUT2D eigenvalue weighted by Gasteiger charge is -2.51. The lowest BCUT2D eigenvalue weighted by atomic mass is 9.64. The van der Waals surface area contributed by atoms with Gasteiger partial charge in [-0.3, -0.25) is 10.1 Å². The molecular formula is C13H19N3O3. The van der Waals surface area contributed by atoms with E-state index in [-0.39, 0.29) is 23.2 Å². The number of nitro groups is 1. The van der Waals surface area contributed by atoms with E-state index in [1.165, 1.54) is 6.07 Å². The molecule has 1 saturated carbocycles. The van der Waals surface area contributed by atoms with Crippen molar-refractivity contribution in [2.24, 2.45) is 5.41 Å². The monoisotopic (exact) mass is 265 g/mol. The average Bonchev–Trinajstić information content (AvgIpc) is 2.35. The van der Waals surface area contributed by atoms with E-state index in [1.807, 2.05) is 0 Å². The molecule has 2 atom stereocenters. The lowest BCUT2D eigenvalue weighted by Crippen LogP contribution is -2.57. The zero-order chi connectivity index (χ0) is 14.2. The third-order valence-electron chi connectivity index (χ3n) is 3.97. The number of aromatic nitrogens is 1. The highest BCUT2D eigenvalue weighted by atomic mass is 16.6. The van der Waals surface area contributed by atoms with Gasteiger partial charge in [0, 0.05) is 30.8 Å². The van der Waals surface area contributed by atoms with Crippen LogP contribution in [0, 0.1) is 22.5 Å². The normalized spacial score (nSPS) is 24.6. The molecule has 0 aromatic carbocycles. The Labute approximate surface area is 112 Å². The van der Waals surface area contributed by atoms with Crippen molar-refractivity contribution in [3.05, 3.63) is 27.9 Å². The molecule has 1 heterocycles. The van der Waals surface area contributed by atoms with Crippen molar-refractivity contribution in [3.63, 3.8) is 0 Å². The van der Waals surface area contributed by atoms with E-state index >= 15 is 0 Å². The summed E-state index contributed by atoms with van der Waals surface area (Å²) in [5.41, 5.74) is 0.742. The maximum Gasteiger partial charge on any atom is 0.311 e. The second-order valence-electron chi connectivity index (χ2n) is 5.62. The number of pyridine rings is 1. The molecule has 1 N–H and O–H groups in total. The number of aryl methyl sites for hydroxylation is 1. The molecule has 1 aromatic heterocycles. The van der Waals surface area contributed by atoms with Crippen molar-refractivity contribution in [2.75, 3.05) is 12.4 Å². The van der Waals surface area contributed by atoms with Crippen LogP contribution in [0.15, 0.2) is 12.3 Å². The van der Waals surface area contributed by atoms with E-state index in [0.29, 0.717) is 5.82 Å². The minimum atomic E-state index is -0.401. The van der Waals surface area contributed by atoms with Crippen LogP contribution in [0.1, 0.15) is 25.8 Å². The van der Waals surface area contributed by atoms with Crippen LogP contribution in [0.25, 0.3) is 0 Å². The Bertz CT molecular complexity index is 502. The fraction of sp³-hybridized carbons (Fsp3) is 0.615. The highest BCUT2D eigenvalue weighted by Crippen LogP contribution is 2.44. The quantitative estimate of drug-likeness (QED) is 0.668. The van der Waals surface area contributed by atoms with Crippen molar-refractivity contribution in [1.82, 2.24) is 4.98 Å². The van der Waals surface area contributed by atoms with Crippen LogP contribution in [0.5, 0.6) is 0 Å². The molecule has 0 amide bonds. The van der Waals surface area contributed by atoms with E-state index in [9.17, 15) is 10.1 Å². The molecule has 6 heteroatoms. The van der Waals surface area contributed by atoms with Gasteiger partial charge in [0.1, 0.15) is 0 Å². The van der Waals surface area contributed by atoms with Crippen LogP contribution < -0.4 is 5.32 Å². The molecule has 1 aliphatic rings. The Hall–Kier alpha value is -1.69. The molecule has 0 spiro atoms. The van der Waals surface area contributed by atoms with Crippen molar-refractivity contribution < 1.29 is 9.66 Å². The minimum absolute atomic E-state index is 0.0247. The van der Waals surface area contributed by atoms with Crippen molar-refractivity contribution in [1.29, 1.82) is 0 Å². The number of nitrogens with zero attached hydrogens (tertiary/aromatic N) is 2. The van der Waals surface area contributed by atoms with Crippen LogP contribution in [-0.2, 0) is 4.74 Å². The Morgan fingerprint density at radius 2 is 2.26 bits per heavy atom. The summed E-state index contributed by atoms with van der Waals surface area (Å²) in [5.74, 6) is 0.336. The molecular weight excluding hydrogens is 246 g/mol. The molecule has 0 aliphatic heterocycles. The van der Waals surface area contributed by atoms with E-state index in [2.05, 4.69) is 24.1 Å². The molecule has 19 heavy (non-hydrogen) atoms. The summed E-state index contributed by atoms with van der Waals surface area (Å²) in [6.45, 7) is 5.96. The van der Waals surface area contributed by atoms with Gasteiger partial charge in [0.25, 0.3) is 0 Å². The predicted molar refractivity (Wildman–Crippen MR) is 72.2 cm³/mol. The number of anilines is 1. The fourth-order valence-electron chi connectivity index (χ4n) is 2.50. The number of methoxy groups -OCH3 is 1. The van der Waals surface area contributed by atoms with Gasteiger partial charge in [0.05, 0.1) is 11.0 Å². The third-order valence-corrected chi connectivity index (χ3v) is 3.97. The highest BCUT2D eigenvalue weighted by Gasteiger charge is 2.49. The number of rotatable bonds is 4. The van der Waals surface area contributed by atoms with Crippen LogP contribution in [0.3, 0.4) is 0 Å². The van der Waals surface area contributed by atoms with E-state index in [0.717, 1.165) is 12.0 Å². The van der Waals surface area contributed by atoms with Gasteiger partial charge < -0.3 is 10.1 Å². The molecule has 0 saturated heterocycles. The number of nitrogens with one attached hydrogen (secondary N) is 1. The number of hydrogen-bond acceptors (Lipinski definition) is 5. The van der Waals surface area contributed by atoms with Gasteiger partial charge in [-0.25, -0.2) is 4.98 Å². The molecule has 104 valence electrons.